The average Bonchev–Trinajstić information content (AvgIpc) is 3.11. The van der Waals surface area contributed by atoms with Crippen molar-refractivity contribution in [1.29, 1.82) is 0 Å². The summed E-state index contributed by atoms with van der Waals surface area (Å²) in [5.74, 6) is 1.32. The maximum absolute atomic E-state index is 12.6. The minimum Gasteiger partial charge on any atom is -0.356 e. The maximum Gasteiger partial charge on any atom is 0.280 e. The van der Waals surface area contributed by atoms with Crippen molar-refractivity contribution in [3.05, 3.63) is 52.5 Å². The van der Waals surface area contributed by atoms with Gasteiger partial charge in [0.1, 0.15) is 11.5 Å². The lowest BCUT2D eigenvalue weighted by Crippen LogP contribution is -2.37. The van der Waals surface area contributed by atoms with Crippen LogP contribution in [0.15, 0.2) is 35.5 Å². The second-order valence-corrected chi connectivity index (χ2v) is 6.89. The molecule has 1 fully saturated rings. The van der Waals surface area contributed by atoms with Gasteiger partial charge in [0.05, 0.1) is 12.5 Å². The Morgan fingerprint density at radius 3 is 2.74 bits per heavy atom. The number of nitrogens with zero attached hydrogens (tertiary/aromatic N) is 6. The summed E-state index contributed by atoms with van der Waals surface area (Å²) < 4.78 is 28.5. The third-order valence-corrected chi connectivity index (χ3v) is 4.99. The molecule has 0 bridgehead atoms. The van der Waals surface area contributed by atoms with Crippen LogP contribution in [-0.4, -0.2) is 37.2 Å². The molecule has 0 saturated carbocycles. The number of fused-ring (bicyclic) bond motifs is 1. The highest BCUT2D eigenvalue weighted by atomic mass is 19.3. The number of piperidine rings is 1. The monoisotopic (exact) mass is 374 g/mol. The first-order valence-corrected chi connectivity index (χ1v) is 8.92. The number of alkyl halides is 2. The van der Waals surface area contributed by atoms with Crippen molar-refractivity contribution in [2.75, 3.05) is 18.0 Å². The van der Waals surface area contributed by atoms with Crippen LogP contribution in [0.5, 0.6) is 0 Å². The Hall–Kier alpha value is -2.84. The van der Waals surface area contributed by atoms with Gasteiger partial charge in [0.25, 0.3) is 12.0 Å². The van der Waals surface area contributed by atoms with Crippen LogP contribution in [0, 0.1) is 12.8 Å². The minimum absolute atomic E-state index is 0.300. The summed E-state index contributed by atoms with van der Waals surface area (Å²) >= 11 is 0. The van der Waals surface area contributed by atoms with Crippen LogP contribution >= 0.6 is 0 Å². The number of aromatic nitrogens is 5. The summed E-state index contributed by atoms with van der Waals surface area (Å²) in [5, 5.41) is 4.35. The van der Waals surface area contributed by atoms with Crippen molar-refractivity contribution in [2.24, 2.45) is 5.92 Å². The predicted molar refractivity (Wildman–Crippen MR) is 96.1 cm³/mol. The first kappa shape index (κ1) is 17.6. The standard InChI is InChI=1S/C18H20F2N6O/c1-12-8-16(26-15(23-12)2-5-22-26)24-6-3-13(4-7-24)10-25-11-21-14(18(19)20)9-17(25)27/h2,5,8-9,11,13,18H,3-4,6-7,10H2,1H3. The Labute approximate surface area is 154 Å². The van der Waals surface area contributed by atoms with E-state index in [2.05, 4.69) is 20.0 Å². The summed E-state index contributed by atoms with van der Waals surface area (Å²) in [4.78, 5) is 22.4. The van der Waals surface area contributed by atoms with E-state index < -0.39 is 17.7 Å². The SMILES string of the molecule is Cc1cc(N2CCC(Cn3cnc(C(F)F)cc3=O)CC2)n2nccc2n1. The molecule has 7 nitrogen and oxygen atoms in total. The number of hydrogen-bond acceptors (Lipinski definition) is 5. The first-order chi connectivity index (χ1) is 13.0. The molecule has 1 saturated heterocycles. The molecule has 0 unspecified atom stereocenters. The summed E-state index contributed by atoms with van der Waals surface area (Å²) in [6.07, 6.45) is 2.04. The van der Waals surface area contributed by atoms with Crippen LogP contribution in [0.1, 0.15) is 30.7 Å². The summed E-state index contributed by atoms with van der Waals surface area (Å²) in [5.41, 5.74) is 0.869. The van der Waals surface area contributed by atoms with Crippen LogP contribution in [0.4, 0.5) is 14.6 Å². The van der Waals surface area contributed by atoms with Gasteiger partial charge in [-0.25, -0.2) is 18.7 Å². The average molecular weight is 374 g/mol. The molecule has 4 heterocycles. The van der Waals surface area contributed by atoms with E-state index in [0.29, 0.717) is 12.5 Å². The summed E-state index contributed by atoms with van der Waals surface area (Å²) in [7, 11) is 0. The maximum atomic E-state index is 12.6. The van der Waals surface area contributed by atoms with Crippen molar-refractivity contribution in [1.82, 2.24) is 24.1 Å². The van der Waals surface area contributed by atoms with E-state index in [1.165, 1.54) is 10.9 Å². The van der Waals surface area contributed by atoms with Gasteiger partial charge in [0, 0.05) is 43.5 Å². The third kappa shape index (κ3) is 3.54. The summed E-state index contributed by atoms with van der Waals surface area (Å²) in [6.45, 7) is 4.13. The molecule has 0 atom stereocenters. The first-order valence-electron chi connectivity index (χ1n) is 8.92. The lowest BCUT2D eigenvalue weighted by Gasteiger charge is -2.33. The highest BCUT2D eigenvalue weighted by Crippen LogP contribution is 2.25. The number of aryl methyl sites for hydroxylation is 1. The molecule has 0 amide bonds. The number of halogens is 2. The Balaban J connectivity index is 1.45. The molecule has 0 spiro atoms. The minimum atomic E-state index is -2.72. The molecule has 0 radical (unpaired) electrons. The fourth-order valence-corrected chi connectivity index (χ4v) is 3.56. The molecule has 1 aliphatic heterocycles. The Bertz CT molecular complexity index is 1010. The van der Waals surface area contributed by atoms with E-state index in [0.717, 1.165) is 49.2 Å². The van der Waals surface area contributed by atoms with E-state index in [4.69, 9.17) is 0 Å². The highest BCUT2D eigenvalue weighted by molar-refractivity contribution is 5.50. The third-order valence-electron chi connectivity index (χ3n) is 4.99. The van der Waals surface area contributed by atoms with E-state index in [1.807, 2.05) is 23.6 Å². The molecule has 142 valence electrons. The second kappa shape index (κ2) is 7.05. The van der Waals surface area contributed by atoms with Gasteiger partial charge in [-0.05, 0) is 25.7 Å². The van der Waals surface area contributed by atoms with Gasteiger partial charge in [0.15, 0.2) is 5.65 Å². The van der Waals surface area contributed by atoms with E-state index in [-0.39, 0.29) is 0 Å². The molecular weight excluding hydrogens is 354 g/mol. The molecule has 0 aromatic carbocycles. The van der Waals surface area contributed by atoms with E-state index in [9.17, 15) is 13.6 Å². The number of hydrogen-bond donors (Lipinski definition) is 0. The fourth-order valence-electron chi connectivity index (χ4n) is 3.56. The molecule has 4 rings (SSSR count). The quantitative estimate of drug-likeness (QED) is 0.702. The van der Waals surface area contributed by atoms with Gasteiger partial charge in [0.2, 0.25) is 0 Å². The fraction of sp³-hybridized carbons (Fsp3) is 0.444. The zero-order chi connectivity index (χ0) is 19.0. The molecule has 0 N–H and O–H groups in total. The predicted octanol–water partition coefficient (Wildman–Crippen LogP) is 2.45. The van der Waals surface area contributed by atoms with Crippen molar-refractivity contribution < 1.29 is 8.78 Å². The molecule has 3 aromatic rings. The molecule has 3 aromatic heterocycles. The van der Waals surface area contributed by atoms with Gasteiger partial charge < -0.3 is 4.90 Å². The van der Waals surface area contributed by atoms with Gasteiger partial charge in [-0.15, -0.1) is 0 Å². The van der Waals surface area contributed by atoms with Crippen molar-refractivity contribution in [2.45, 2.75) is 32.7 Å². The van der Waals surface area contributed by atoms with Crippen molar-refractivity contribution in [3.8, 4) is 0 Å². The lowest BCUT2D eigenvalue weighted by atomic mass is 9.96. The Kier molecular flexibility index (Phi) is 4.59. The van der Waals surface area contributed by atoms with Crippen LogP contribution < -0.4 is 10.5 Å². The molecule has 27 heavy (non-hydrogen) atoms. The van der Waals surface area contributed by atoms with Crippen LogP contribution in [-0.2, 0) is 6.54 Å². The van der Waals surface area contributed by atoms with E-state index >= 15 is 0 Å². The normalized spacial score (nSPS) is 15.8. The van der Waals surface area contributed by atoms with Gasteiger partial charge in [-0.1, -0.05) is 0 Å². The van der Waals surface area contributed by atoms with Crippen molar-refractivity contribution >= 4 is 11.5 Å². The Morgan fingerprint density at radius 2 is 2.04 bits per heavy atom. The van der Waals surface area contributed by atoms with Crippen LogP contribution in [0.3, 0.4) is 0 Å². The van der Waals surface area contributed by atoms with E-state index in [1.54, 1.807) is 6.20 Å². The molecule has 1 aliphatic rings. The van der Waals surface area contributed by atoms with Crippen LogP contribution in [0.2, 0.25) is 0 Å². The van der Waals surface area contributed by atoms with Gasteiger partial charge in [-0.2, -0.15) is 9.61 Å². The highest BCUT2D eigenvalue weighted by Gasteiger charge is 2.22. The molecule has 0 aliphatic carbocycles. The second-order valence-electron chi connectivity index (χ2n) is 6.89. The van der Waals surface area contributed by atoms with Gasteiger partial charge in [-0.3, -0.25) is 9.36 Å². The smallest absolute Gasteiger partial charge is 0.280 e. The molecular formula is C18H20F2N6O. The number of anilines is 1. The topological polar surface area (TPSA) is 68.3 Å². The largest absolute Gasteiger partial charge is 0.356 e. The lowest BCUT2D eigenvalue weighted by molar-refractivity contribution is 0.145. The zero-order valence-electron chi connectivity index (χ0n) is 14.9. The van der Waals surface area contributed by atoms with Crippen molar-refractivity contribution in [3.63, 3.8) is 0 Å². The Morgan fingerprint density at radius 1 is 1.26 bits per heavy atom. The molecule has 9 heteroatoms. The number of rotatable bonds is 4. The summed E-state index contributed by atoms with van der Waals surface area (Å²) in [6, 6.07) is 4.83. The zero-order valence-corrected chi connectivity index (χ0v) is 14.9. The van der Waals surface area contributed by atoms with Gasteiger partial charge >= 0.3 is 0 Å². The van der Waals surface area contributed by atoms with Crippen LogP contribution in [0.25, 0.3) is 5.65 Å².